The Morgan fingerprint density at radius 1 is 1.07 bits per heavy atom. The van der Waals surface area contributed by atoms with Crippen LogP contribution in [0.1, 0.15) is 23.7 Å². The number of aliphatic hydroxyl groups excluding tert-OH is 1. The van der Waals surface area contributed by atoms with Crippen molar-refractivity contribution in [1.29, 1.82) is 0 Å². The van der Waals surface area contributed by atoms with Crippen LogP contribution in [0.2, 0.25) is 0 Å². The Kier molecular flexibility index (Phi) is 7.28. The van der Waals surface area contributed by atoms with E-state index in [0.29, 0.717) is 24.4 Å². The second-order valence-electron chi connectivity index (χ2n) is 11.1. The zero-order chi connectivity index (χ0) is 29.5. The number of hydrogen-bond acceptors (Lipinski definition) is 8. The normalized spacial score (nSPS) is 20.0. The minimum absolute atomic E-state index is 0.0784. The number of aromatic nitrogens is 3. The number of amides is 2. The van der Waals surface area contributed by atoms with Crippen molar-refractivity contribution in [2.45, 2.75) is 18.6 Å². The van der Waals surface area contributed by atoms with Crippen LogP contribution < -0.4 is 4.90 Å². The minimum Gasteiger partial charge on any atom is -0.436 e. The number of aliphatic hydroxyl groups is 1. The number of likely N-dealkylation sites (N-methyl/N-ethyl adjacent to an activating group) is 1. The maximum absolute atomic E-state index is 13.8. The zero-order valence-corrected chi connectivity index (χ0v) is 24.5. The summed E-state index contributed by atoms with van der Waals surface area (Å²) < 4.78 is 6.14. The predicted molar refractivity (Wildman–Crippen MR) is 165 cm³/mol. The largest absolute Gasteiger partial charge is 0.436 e. The first-order chi connectivity index (χ1) is 21.0. The second-order valence-corrected chi connectivity index (χ2v) is 12.2. The third-order valence-electron chi connectivity index (χ3n) is 8.70. The van der Waals surface area contributed by atoms with E-state index in [1.165, 1.54) is 18.1 Å². The molecule has 2 aromatic heterocycles. The van der Waals surface area contributed by atoms with Crippen LogP contribution in [-0.4, -0.2) is 86.9 Å². The van der Waals surface area contributed by atoms with Gasteiger partial charge in [-0.2, -0.15) is 0 Å². The number of anilines is 1. The average Bonchev–Trinajstić information content (AvgIpc) is 3.67. The number of nitrogens with zero attached hydrogens (tertiary/aromatic N) is 5. The lowest BCUT2D eigenvalue weighted by molar-refractivity contribution is -0.129. The molecule has 1 saturated heterocycles. The quantitative estimate of drug-likeness (QED) is 0.349. The van der Waals surface area contributed by atoms with Crippen molar-refractivity contribution in [3.63, 3.8) is 0 Å². The smallest absolute Gasteiger partial charge is 0.410 e. The molecule has 0 radical (unpaired) electrons. The summed E-state index contributed by atoms with van der Waals surface area (Å²) in [5.41, 5.74) is 4.78. The number of ether oxygens (including phenoxy) is 1. The number of rotatable bonds is 5. The van der Waals surface area contributed by atoms with E-state index in [2.05, 4.69) is 15.0 Å². The Bertz CT molecular complexity index is 1680. The highest BCUT2D eigenvalue weighted by atomic mass is 32.2. The van der Waals surface area contributed by atoms with Gasteiger partial charge in [-0.3, -0.25) is 4.79 Å². The van der Waals surface area contributed by atoms with Gasteiger partial charge in [0.15, 0.2) is 6.10 Å². The van der Waals surface area contributed by atoms with Gasteiger partial charge in [-0.25, -0.2) is 14.8 Å². The van der Waals surface area contributed by atoms with E-state index in [-0.39, 0.29) is 18.4 Å². The molecule has 4 aromatic rings. The molecule has 0 saturated carbocycles. The van der Waals surface area contributed by atoms with E-state index in [9.17, 15) is 14.7 Å². The summed E-state index contributed by atoms with van der Waals surface area (Å²) in [6, 6.07) is 17.5. The van der Waals surface area contributed by atoms with Crippen molar-refractivity contribution in [3.8, 4) is 11.1 Å². The maximum atomic E-state index is 13.8. The topological polar surface area (TPSA) is 115 Å². The molecule has 4 heterocycles. The number of carbonyl (C=O) groups excluding carboxylic acids is 2. The minimum atomic E-state index is -0.515. The zero-order valence-electron chi connectivity index (χ0n) is 23.7. The maximum Gasteiger partial charge on any atom is 0.410 e. The van der Waals surface area contributed by atoms with Crippen LogP contribution in [0.3, 0.4) is 0 Å². The Morgan fingerprint density at radius 3 is 2.56 bits per heavy atom. The fourth-order valence-corrected chi connectivity index (χ4v) is 7.36. The van der Waals surface area contributed by atoms with Crippen LogP contribution in [0.25, 0.3) is 22.2 Å². The van der Waals surface area contributed by atoms with Crippen LogP contribution >= 0.6 is 11.8 Å². The van der Waals surface area contributed by atoms with Crippen LogP contribution in [0.5, 0.6) is 0 Å². The van der Waals surface area contributed by atoms with Gasteiger partial charge in [0, 0.05) is 68.5 Å². The van der Waals surface area contributed by atoms with Crippen molar-refractivity contribution in [1.82, 2.24) is 24.8 Å². The Hall–Kier alpha value is -4.35. The summed E-state index contributed by atoms with van der Waals surface area (Å²) in [7, 11) is 1.70. The van der Waals surface area contributed by atoms with Gasteiger partial charge < -0.3 is 29.5 Å². The summed E-state index contributed by atoms with van der Waals surface area (Å²) in [6.45, 7) is 1.45. The standard InChI is InChI=1S/C32H32N6O4S/c1-36(32(41)42-28-23-8-4-2-6-21(23)22-7-3-5-9-24(22)28)26-16-38(13-11-20(26)18-39)31(40)27-17-37(14-15-43-27)30-25-10-12-33-29(25)34-19-35-30/h2-10,12,17,19-20,26,28,39H,11,13-16,18H2,1H3,(H,33,34,35)/t20-,26-/m0/s1. The van der Waals surface area contributed by atoms with Crippen molar-refractivity contribution < 1.29 is 19.4 Å². The molecule has 11 heteroatoms. The van der Waals surface area contributed by atoms with E-state index in [0.717, 1.165) is 51.4 Å². The molecular weight excluding hydrogens is 564 g/mol. The number of aromatic amines is 1. The molecule has 0 bridgehead atoms. The first-order valence-electron chi connectivity index (χ1n) is 14.4. The predicted octanol–water partition coefficient (Wildman–Crippen LogP) is 4.40. The number of benzene rings is 2. The number of H-pyrrole nitrogens is 1. The molecule has 0 spiro atoms. The summed E-state index contributed by atoms with van der Waals surface area (Å²) >= 11 is 1.52. The monoisotopic (exact) mass is 596 g/mol. The van der Waals surface area contributed by atoms with Crippen LogP contribution in [0.15, 0.2) is 78.2 Å². The van der Waals surface area contributed by atoms with Crippen LogP contribution in [-0.2, 0) is 9.53 Å². The highest BCUT2D eigenvalue weighted by molar-refractivity contribution is 8.04. The first-order valence-corrected chi connectivity index (χ1v) is 15.4. The molecule has 2 amide bonds. The summed E-state index contributed by atoms with van der Waals surface area (Å²) in [6.07, 6.45) is 4.80. The van der Waals surface area contributed by atoms with E-state index in [1.54, 1.807) is 16.8 Å². The van der Waals surface area contributed by atoms with E-state index >= 15 is 0 Å². The highest BCUT2D eigenvalue weighted by Gasteiger charge is 2.39. The van der Waals surface area contributed by atoms with Crippen LogP contribution in [0, 0.1) is 5.92 Å². The van der Waals surface area contributed by atoms with Gasteiger partial charge in [0.1, 0.15) is 17.8 Å². The molecule has 10 nitrogen and oxygen atoms in total. The first kappa shape index (κ1) is 27.5. The molecular formula is C32H32N6O4S. The summed E-state index contributed by atoms with van der Waals surface area (Å²) in [5, 5.41) is 11.1. The fraction of sp³-hybridized carbons (Fsp3) is 0.312. The molecule has 1 aliphatic carbocycles. The Labute approximate surface area is 253 Å². The number of carbonyl (C=O) groups is 2. The van der Waals surface area contributed by atoms with Crippen molar-refractivity contribution in [2.24, 2.45) is 5.92 Å². The Morgan fingerprint density at radius 2 is 1.81 bits per heavy atom. The molecule has 1 fully saturated rings. The molecule has 2 atom stereocenters. The average molecular weight is 597 g/mol. The molecule has 7 rings (SSSR count). The van der Waals surface area contributed by atoms with Crippen LogP contribution in [0.4, 0.5) is 10.6 Å². The van der Waals surface area contributed by atoms with E-state index in [1.807, 2.05) is 71.9 Å². The lowest BCUT2D eigenvalue weighted by Crippen LogP contribution is -2.55. The molecule has 3 aliphatic rings. The number of nitrogens with one attached hydrogen (secondary N) is 1. The number of fused-ring (bicyclic) bond motifs is 4. The van der Waals surface area contributed by atoms with Gasteiger partial charge in [-0.15, -0.1) is 11.8 Å². The number of thioether (sulfide) groups is 1. The van der Waals surface area contributed by atoms with Crippen molar-refractivity contribution in [3.05, 3.63) is 89.4 Å². The van der Waals surface area contributed by atoms with Gasteiger partial charge in [-0.05, 0) is 23.6 Å². The number of likely N-dealkylation sites (tertiary alicyclic amines) is 1. The van der Waals surface area contributed by atoms with E-state index < -0.39 is 18.2 Å². The van der Waals surface area contributed by atoms with Crippen molar-refractivity contribution in [2.75, 3.05) is 43.9 Å². The molecule has 43 heavy (non-hydrogen) atoms. The molecule has 2 N–H and O–H groups in total. The Balaban J connectivity index is 1.09. The fourth-order valence-electron chi connectivity index (χ4n) is 6.40. The summed E-state index contributed by atoms with van der Waals surface area (Å²) in [5.74, 6) is 1.24. The molecule has 2 aromatic carbocycles. The summed E-state index contributed by atoms with van der Waals surface area (Å²) in [4.78, 5) is 45.3. The lowest BCUT2D eigenvalue weighted by Gasteiger charge is -2.42. The van der Waals surface area contributed by atoms with E-state index in [4.69, 9.17) is 4.74 Å². The molecule has 0 unspecified atom stereocenters. The van der Waals surface area contributed by atoms with Gasteiger partial charge >= 0.3 is 6.09 Å². The van der Waals surface area contributed by atoms with Gasteiger partial charge in [0.25, 0.3) is 5.91 Å². The lowest BCUT2D eigenvalue weighted by atomic mass is 9.91. The third-order valence-corrected chi connectivity index (χ3v) is 9.68. The number of hydrogen-bond donors (Lipinski definition) is 2. The molecule has 2 aliphatic heterocycles. The van der Waals surface area contributed by atoms with Gasteiger partial charge in [0.2, 0.25) is 0 Å². The second kappa shape index (κ2) is 11.4. The van der Waals surface area contributed by atoms with Gasteiger partial charge in [0.05, 0.1) is 16.3 Å². The number of piperidine rings is 1. The third kappa shape index (κ3) is 4.92. The van der Waals surface area contributed by atoms with Crippen molar-refractivity contribution >= 4 is 40.6 Å². The van der Waals surface area contributed by atoms with Gasteiger partial charge in [-0.1, -0.05) is 48.5 Å². The molecule has 220 valence electrons. The highest BCUT2D eigenvalue weighted by Crippen LogP contribution is 2.45. The SMILES string of the molecule is CN(C(=O)OC1c2ccccc2-c2ccccc21)[C@H]1CN(C(=O)C2=CN(c3ncnc4[nH]ccc34)CCS2)CC[C@H]1CO.